The third kappa shape index (κ3) is 3.86. The number of halogens is 1. The van der Waals surface area contributed by atoms with Crippen LogP contribution in [0.3, 0.4) is 0 Å². The lowest BCUT2D eigenvalue weighted by Gasteiger charge is -2.22. The van der Waals surface area contributed by atoms with Gasteiger partial charge in [0, 0.05) is 24.6 Å². The molecule has 1 aromatic carbocycles. The topological polar surface area (TPSA) is 54.5 Å². The summed E-state index contributed by atoms with van der Waals surface area (Å²) in [6, 6.07) is 5.61. The summed E-state index contributed by atoms with van der Waals surface area (Å²) in [5.74, 6) is -0.166. The van der Waals surface area contributed by atoms with Crippen LogP contribution in [0.5, 0.6) is 0 Å². The van der Waals surface area contributed by atoms with Crippen molar-refractivity contribution in [2.24, 2.45) is 0 Å². The molecule has 0 N–H and O–H groups in total. The third-order valence-electron chi connectivity index (χ3n) is 3.67. The predicted molar refractivity (Wildman–Crippen MR) is 75.0 cm³/mol. The summed E-state index contributed by atoms with van der Waals surface area (Å²) >= 11 is 0. The fraction of sp³-hybridized carbons (Fsp3) is 0.500. The van der Waals surface area contributed by atoms with Crippen molar-refractivity contribution in [2.75, 3.05) is 25.1 Å². The van der Waals surface area contributed by atoms with Crippen LogP contribution in [0.1, 0.15) is 23.2 Å². The van der Waals surface area contributed by atoms with Crippen LogP contribution in [-0.2, 0) is 9.84 Å². The SMILES string of the molecule is CN(CCC(=O)c1cccc(F)c1)C1CCS(=O)(=O)C1. The first-order valence-corrected chi connectivity index (χ1v) is 8.39. The van der Waals surface area contributed by atoms with Crippen LogP contribution < -0.4 is 0 Å². The molecule has 0 amide bonds. The number of carbonyl (C=O) groups is 1. The lowest BCUT2D eigenvalue weighted by atomic mass is 10.1. The molecule has 6 heteroatoms. The molecule has 1 fully saturated rings. The molecule has 1 aliphatic rings. The minimum absolute atomic E-state index is 0.0136. The Hall–Kier alpha value is -1.27. The number of Topliss-reactive ketones (excluding diaryl/α,β-unsaturated/α-hetero) is 1. The molecule has 0 bridgehead atoms. The van der Waals surface area contributed by atoms with Gasteiger partial charge in [0.15, 0.2) is 15.6 Å². The van der Waals surface area contributed by atoms with Gasteiger partial charge < -0.3 is 4.90 Å². The molecular weight excluding hydrogens is 281 g/mol. The van der Waals surface area contributed by atoms with Crippen LogP contribution in [0.15, 0.2) is 24.3 Å². The van der Waals surface area contributed by atoms with Crippen LogP contribution >= 0.6 is 0 Å². The van der Waals surface area contributed by atoms with Gasteiger partial charge in [0.25, 0.3) is 0 Å². The van der Waals surface area contributed by atoms with Crippen molar-refractivity contribution in [3.8, 4) is 0 Å². The Morgan fingerprint density at radius 1 is 1.45 bits per heavy atom. The number of sulfone groups is 1. The molecule has 1 heterocycles. The minimum atomic E-state index is -2.91. The molecule has 0 radical (unpaired) electrons. The summed E-state index contributed by atoms with van der Waals surface area (Å²) in [5.41, 5.74) is 0.359. The summed E-state index contributed by atoms with van der Waals surface area (Å²) in [7, 11) is -1.09. The fourth-order valence-electron chi connectivity index (χ4n) is 2.39. The van der Waals surface area contributed by atoms with Gasteiger partial charge in [0.05, 0.1) is 11.5 Å². The summed E-state index contributed by atoms with van der Waals surface area (Å²) in [5, 5.41) is 0. The van der Waals surface area contributed by atoms with Crippen molar-refractivity contribution >= 4 is 15.6 Å². The second-order valence-corrected chi connectivity index (χ2v) is 7.45. The molecule has 0 aromatic heterocycles. The van der Waals surface area contributed by atoms with Crippen molar-refractivity contribution in [3.05, 3.63) is 35.6 Å². The van der Waals surface area contributed by atoms with Gasteiger partial charge in [0.1, 0.15) is 5.82 Å². The Balaban J connectivity index is 1.87. The largest absolute Gasteiger partial charge is 0.302 e. The second-order valence-electron chi connectivity index (χ2n) is 5.22. The molecule has 1 unspecified atom stereocenters. The number of rotatable bonds is 5. The molecule has 110 valence electrons. The van der Waals surface area contributed by atoms with E-state index in [4.69, 9.17) is 0 Å². The summed E-state index contributed by atoms with van der Waals surface area (Å²) in [6.07, 6.45) is 0.878. The molecular formula is C14H18FNO3S. The zero-order valence-electron chi connectivity index (χ0n) is 11.4. The Morgan fingerprint density at radius 2 is 2.20 bits per heavy atom. The van der Waals surface area contributed by atoms with Crippen LogP contribution in [0.2, 0.25) is 0 Å². The number of benzene rings is 1. The van der Waals surface area contributed by atoms with Crippen molar-refractivity contribution < 1.29 is 17.6 Å². The van der Waals surface area contributed by atoms with Gasteiger partial charge in [-0.2, -0.15) is 0 Å². The van der Waals surface area contributed by atoms with Gasteiger partial charge in [-0.05, 0) is 25.6 Å². The molecule has 1 atom stereocenters. The average molecular weight is 299 g/mol. The van der Waals surface area contributed by atoms with E-state index < -0.39 is 15.7 Å². The summed E-state index contributed by atoms with van der Waals surface area (Å²) in [4.78, 5) is 13.8. The lowest BCUT2D eigenvalue weighted by molar-refractivity contribution is 0.0962. The van der Waals surface area contributed by atoms with Gasteiger partial charge in [-0.25, -0.2) is 12.8 Å². The second kappa shape index (κ2) is 6.01. The number of ketones is 1. The molecule has 2 rings (SSSR count). The molecule has 0 spiro atoms. The highest BCUT2D eigenvalue weighted by Gasteiger charge is 2.30. The number of carbonyl (C=O) groups excluding carboxylic acids is 1. The van der Waals surface area contributed by atoms with E-state index in [1.165, 1.54) is 18.2 Å². The van der Waals surface area contributed by atoms with Crippen molar-refractivity contribution in [1.29, 1.82) is 0 Å². The zero-order chi connectivity index (χ0) is 14.8. The number of hydrogen-bond donors (Lipinski definition) is 0. The molecule has 20 heavy (non-hydrogen) atoms. The van der Waals surface area contributed by atoms with Gasteiger partial charge >= 0.3 is 0 Å². The van der Waals surface area contributed by atoms with E-state index in [0.29, 0.717) is 18.5 Å². The van der Waals surface area contributed by atoms with E-state index >= 15 is 0 Å². The van der Waals surface area contributed by atoms with Crippen LogP contribution in [-0.4, -0.2) is 50.2 Å². The van der Waals surface area contributed by atoms with Crippen LogP contribution in [0, 0.1) is 5.82 Å². The number of nitrogens with zero attached hydrogens (tertiary/aromatic N) is 1. The van der Waals surface area contributed by atoms with Crippen LogP contribution in [0.25, 0.3) is 0 Å². The van der Waals surface area contributed by atoms with E-state index in [1.807, 2.05) is 11.9 Å². The maximum absolute atomic E-state index is 13.0. The van der Waals surface area contributed by atoms with Crippen molar-refractivity contribution in [3.63, 3.8) is 0 Å². The van der Waals surface area contributed by atoms with E-state index in [0.717, 1.165) is 0 Å². The van der Waals surface area contributed by atoms with Gasteiger partial charge in [-0.15, -0.1) is 0 Å². The minimum Gasteiger partial charge on any atom is -0.302 e. The van der Waals surface area contributed by atoms with E-state index in [-0.39, 0.29) is 29.8 Å². The third-order valence-corrected chi connectivity index (χ3v) is 5.42. The Kier molecular flexibility index (Phi) is 4.55. The first kappa shape index (κ1) is 15.1. The Labute approximate surface area is 118 Å². The van der Waals surface area contributed by atoms with Crippen molar-refractivity contribution in [1.82, 2.24) is 4.90 Å². The summed E-state index contributed by atoms with van der Waals surface area (Å²) in [6.45, 7) is 0.482. The molecule has 0 saturated carbocycles. The quantitative estimate of drug-likeness (QED) is 0.774. The van der Waals surface area contributed by atoms with Gasteiger partial charge in [-0.3, -0.25) is 4.79 Å². The standard InChI is InChI=1S/C14H18FNO3S/c1-16(13-6-8-20(18,19)10-13)7-5-14(17)11-3-2-4-12(15)9-11/h2-4,9,13H,5-8,10H2,1H3. The normalized spacial score (nSPS) is 21.2. The Bertz CT molecular complexity index is 600. The maximum Gasteiger partial charge on any atom is 0.164 e. The molecule has 1 saturated heterocycles. The Morgan fingerprint density at radius 3 is 2.80 bits per heavy atom. The average Bonchev–Trinajstić information content (AvgIpc) is 2.76. The van der Waals surface area contributed by atoms with E-state index in [9.17, 15) is 17.6 Å². The summed E-state index contributed by atoms with van der Waals surface area (Å²) < 4.78 is 35.8. The van der Waals surface area contributed by atoms with Gasteiger partial charge in [0.2, 0.25) is 0 Å². The predicted octanol–water partition coefficient (Wildman–Crippen LogP) is 1.52. The maximum atomic E-state index is 13.0. The molecule has 1 aliphatic heterocycles. The highest BCUT2D eigenvalue weighted by molar-refractivity contribution is 7.91. The van der Waals surface area contributed by atoms with Crippen molar-refractivity contribution in [2.45, 2.75) is 18.9 Å². The van der Waals surface area contributed by atoms with E-state index in [1.54, 1.807) is 6.07 Å². The zero-order valence-corrected chi connectivity index (χ0v) is 12.2. The highest BCUT2D eigenvalue weighted by atomic mass is 32.2. The van der Waals surface area contributed by atoms with E-state index in [2.05, 4.69) is 0 Å². The number of hydrogen-bond acceptors (Lipinski definition) is 4. The lowest BCUT2D eigenvalue weighted by Crippen LogP contribution is -2.34. The van der Waals surface area contributed by atoms with Crippen LogP contribution in [0.4, 0.5) is 4.39 Å². The smallest absolute Gasteiger partial charge is 0.164 e. The first-order chi connectivity index (χ1) is 9.37. The molecule has 1 aromatic rings. The fourth-order valence-corrected chi connectivity index (χ4v) is 4.19. The monoisotopic (exact) mass is 299 g/mol. The molecule has 0 aliphatic carbocycles. The van der Waals surface area contributed by atoms with Gasteiger partial charge in [-0.1, -0.05) is 12.1 Å². The highest BCUT2D eigenvalue weighted by Crippen LogP contribution is 2.17. The molecule has 4 nitrogen and oxygen atoms in total. The first-order valence-electron chi connectivity index (χ1n) is 6.57.